The van der Waals surface area contributed by atoms with Crippen LogP contribution in [0.2, 0.25) is 0 Å². The fourth-order valence-corrected chi connectivity index (χ4v) is 2.89. The summed E-state index contributed by atoms with van der Waals surface area (Å²) in [6, 6.07) is 2.91. The zero-order valence-electron chi connectivity index (χ0n) is 16.2. The average Bonchev–Trinajstić information content (AvgIpc) is 3.34. The van der Waals surface area contributed by atoms with Crippen molar-refractivity contribution in [1.82, 2.24) is 9.55 Å². The lowest BCUT2D eigenvalue weighted by Gasteiger charge is -2.19. The first-order chi connectivity index (χ1) is 14.9. The van der Waals surface area contributed by atoms with Crippen molar-refractivity contribution >= 4 is 12.3 Å². The van der Waals surface area contributed by atoms with Gasteiger partial charge in [0.25, 0.3) is 11.5 Å². The van der Waals surface area contributed by atoms with E-state index in [1.807, 2.05) is 0 Å². The van der Waals surface area contributed by atoms with E-state index in [9.17, 15) is 35.5 Å². The Hall–Kier alpha value is -2.48. The minimum atomic E-state index is -5.81. The summed E-state index contributed by atoms with van der Waals surface area (Å²) >= 11 is 0.521. The zero-order chi connectivity index (χ0) is 23.7. The fourth-order valence-electron chi connectivity index (χ4n) is 2.55. The number of rotatable bonds is 9. The summed E-state index contributed by atoms with van der Waals surface area (Å²) in [6.45, 7) is -0.0908. The third-order valence-corrected chi connectivity index (χ3v) is 4.91. The van der Waals surface area contributed by atoms with Gasteiger partial charge in [0.2, 0.25) is 12.3 Å². The van der Waals surface area contributed by atoms with Crippen LogP contribution in [0.25, 0.3) is 5.82 Å². The molecule has 1 unspecified atom stereocenters. The molecule has 0 aliphatic heterocycles. The van der Waals surface area contributed by atoms with Crippen molar-refractivity contribution in [3.05, 3.63) is 46.5 Å². The highest BCUT2D eigenvalue weighted by Gasteiger charge is 2.58. The van der Waals surface area contributed by atoms with Crippen molar-refractivity contribution in [2.75, 3.05) is 13.2 Å². The van der Waals surface area contributed by atoms with Gasteiger partial charge in [-0.3, -0.25) is 13.5 Å². The van der Waals surface area contributed by atoms with Crippen LogP contribution in [0.3, 0.4) is 0 Å². The Kier molecular flexibility index (Phi) is 6.65. The molecule has 14 heteroatoms. The van der Waals surface area contributed by atoms with Gasteiger partial charge in [-0.15, -0.1) is 0 Å². The monoisotopic (exact) mass is 488 g/mol. The molecule has 32 heavy (non-hydrogen) atoms. The van der Waals surface area contributed by atoms with Gasteiger partial charge < -0.3 is 8.92 Å². The van der Waals surface area contributed by atoms with Crippen LogP contribution in [0, 0.1) is 0 Å². The van der Waals surface area contributed by atoms with Gasteiger partial charge in [0.05, 0.1) is 12.5 Å². The Morgan fingerprint density at radius 1 is 1.25 bits per heavy atom. The summed E-state index contributed by atoms with van der Waals surface area (Å²) in [5.74, 6) is -9.80. The molecule has 0 radical (unpaired) electrons. The van der Waals surface area contributed by atoms with E-state index in [0.29, 0.717) is 18.4 Å². The molecule has 0 bridgehead atoms. The van der Waals surface area contributed by atoms with Gasteiger partial charge in [-0.25, -0.2) is 13.8 Å². The van der Waals surface area contributed by atoms with Gasteiger partial charge in [-0.2, -0.15) is 22.0 Å². The van der Waals surface area contributed by atoms with Crippen molar-refractivity contribution in [3.8, 4) is 17.3 Å². The first-order valence-corrected chi connectivity index (χ1v) is 9.67. The maximum Gasteiger partial charge on any atom is 0.456 e. The largest absolute Gasteiger partial charge is 0.487 e. The molecule has 2 aromatic rings. The molecule has 1 aliphatic carbocycles. The Morgan fingerprint density at radius 2 is 1.94 bits per heavy atom. The molecule has 3 rings (SSSR count). The zero-order valence-corrected chi connectivity index (χ0v) is 17.0. The molecule has 0 amide bonds. The minimum absolute atomic E-state index is 0.0944. The van der Waals surface area contributed by atoms with Gasteiger partial charge in [0.15, 0.2) is 18.2 Å². The number of hydrogen-bond acceptors (Lipinski definition) is 6. The van der Waals surface area contributed by atoms with Crippen molar-refractivity contribution < 1.29 is 43.8 Å². The van der Waals surface area contributed by atoms with Gasteiger partial charge in [0.1, 0.15) is 5.75 Å². The van der Waals surface area contributed by atoms with Crippen LogP contribution in [-0.2, 0) is 4.18 Å². The van der Waals surface area contributed by atoms with Crippen LogP contribution in [-0.4, -0.2) is 40.8 Å². The number of halogens is 7. The average molecular weight is 488 g/mol. The third-order valence-electron chi connectivity index (χ3n) is 4.33. The van der Waals surface area contributed by atoms with E-state index in [-0.39, 0.29) is 30.2 Å². The molecule has 6 nitrogen and oxygen atoms in total. The summed E-state index contributed by atoms with van der Waals surface area (Å²) in [6.07, 6.45) is -4.02. The maximum atomic E-state index is 13.4. The molecule has 2 aromatic heterocycles. The van der Waals surface area contributed by atoms with Crippen LogP contribution in [0.1, 0.15) is 24.8 Å². The normalized spacial score (nSPS) is 17.8. The van der Waals surface area contributed by atoms with Crippen molar-refractivity contribution in [3.63, 3.8) is 0 Å². The highest BCUT2D eigenvalue weighted by molar-refractivity contribution is 7.90. The molecule has 176 valence electrons. The quantitative estimate of drug-likeness (QED) is 0.284. The Bertz CT molecular complexity index is 1030. The molecule has 1 saturated carbocycles. The van der Waals surface area contributed by atoms with Crippen LogP contribution in [0.15, 0.2) is 35.4 Å². The summed E-state index contributed by atoms with van der Waals surface area (Å²) < 4.78 is 105. The second-order valence-electron chi connectivity index (χ2n) is 6.73. The minimum Gasteiger partial charge on any atom is -0.487 e. The Morgan fingerprint density at radius 3 is 2.50 bits per heavy atom. The van der Waals surface area contributed by atoms with Gasteiger partial charge in [-0.05, 0) is 24.6 Å². The molecule has 0 N–H and O–H groups in total. The number of alkyl halides is 7. The molecule has 1 atom stereocenters. The van der Waals surface area contributed by atoms with Crippen molar-refractivity contribution in [2.45, 2.75) is 37.3 Å². The Labute approximate surface area is 180 Å². The number of hydrogen-bond donors (Lipinski definition) is 0. The number of pyridine rings is 2. The lowest BCUT2D eigenvalue weighted by atomic mass is 10.2. The Balaban J connectivity index is 1.85. The predicted octanol–water partition coefficient (Wildman–Crippen LogP) is 4.91. The first-order valence-electron chi connectivity index (χ1n) is 9.00. The molecular weight excluding hydrogens is 473 g/mol. The number of aromatic nitrogens is 2. The standard InChI is InChI=1S/C18H15F7N2O4S/c1-2-30-32-31-13-5-10(12-7-16(12,19)20)8-26-15(13)27-4-3-11(6-14(27)28)29-9-17(21,22)18(23,24)25/h3-6,8,12H,2,7,9H2,1H3. The SMILES string of the molecule is CCOSOc1cc(C2CC2(F)F)cnc1-n1ccc(OCC(F)(F)C(F)(F)F)cc1=O. The fraction of sp³-hybridized carbons (Fsp3) is 0.444. The van der Waals surface area contributed by atoms with Crippen molar-refractivity contribution in [2.24, 2.45) is 0 Å². The number of ether oxygens (including phenoxy) is 1. The molecule has 0 aromatic carbocycles. The van der Waals surface area contributed by atoms with Crippen LogP contribution in [0.4, 0.5) is 30.7 Å². The summed E-state index contributed by atoms with van der Waals surface area (Å²) in [5.41, 5.74) is -0.727. The van der Waals surface area contributed by atoms with Gasteiger partial charge in [0, 0.05) is 24.9 Å². The molecule has 0 saturated heterocycles. The van der Waals surface area contributed by atoms with E-state index in [1.165, 1.54) is 6.07 Å². The molecule has 2 heterocycles. The summed E-state index contributed by atoms with van der Waals surface area (Å²) in [5, 5.41) is 0. The lowest BCUT2D eigenvalue weighted by Crippen LogP contribution is -2.41. The van der Waals surface area contributed by atoms with Crippen LogP contribution < -0.4 is 14.5 Å². The van der Waals surface area contributed by atoms with E-state index in [4.69, 9.17) is 8.37 Å². The number of nitrogens with zero attached hydrogens (tertiary/aromatic N) is 2. The van der Waals surface area contributed by atoms with E-state index in [2.05, 4.69) is 9.72 Å². The van der Waals surface area contributed by atoms with E-state index >= 15 is 0 Å². The highest BCUT2D eigenvalue weighted by Crippen LogP contribution is 2.56. The smallest absolute Gasteiger partial charge is 0.456 e. The second-order valence-corrected chi connectivity index (χ2v) is 7.27. The lowest BCUT2D eigenvalue weighted by molar-refractivity contribution is -0.290. The third kappa shape index (κ3) is 5.28. The van der Waals surface area contributed by atoms with Crippen LogP contribution >= 0.6 is 12.3 Å². The molecule has 1 aliphatic rings. The van der Waals surface area contributed by atoms with Gasteiger partial charge >= 0.3 is 12.1 Å². The summed E-state index contributed by atoms with van der Waals surface area (Å²) in [4.78, 5) is 16.4. The second kappa shape index (κ2) is 8.81. The van der Waals surface area contributed by atoms with Crippen LogP contribution in [0.5, 0.6) is 11.5 Å². The van der Waals surface area contributed by atoms with Gasteiger partial charge in [-0.1, -0.05) is 0 Å². The predicted molar refractivity (Wildman–Crippen MR) is 98.5 cm³/mol. The van der Waals surface area contributed by atoms with Crippen molar-refractivity contribution in [1.29, 1.82) is 0 Å². The van der Waals surface area contributed by atoms with E-state index in [0.717, 1.165) is 23.0 Å². The topological polar surface area (TPSA) is 62.6 Å². The first kappa shape index (κ1) is 24.2. The van der Waals surface area contributed by atoms with E-state index in [1.54, 1.807) is 6.92 Å². The summed E-state index contributed by atoms with van der Waals surface area (Å²) in [7, 11) is 0. The van der Waals surface area contributed by atoms with E-state index < -0.39 is 41.9 Å². The molecular formula is C18H15F7N2O4S. The highest BCUT2D eigenvalue weighted by atomic mass is 32.2. The molecule has 0 spiro atoms. The maximum absolute atomic E-state index is 13.4. The molecule has 1 fully saturated rings.